The van der Waals surface area contributed by atoms with Gasteiger partial charge < -0.3 is 4.74 Å². The van der Waals surface area contributed by atoms with Crippen molar-refractivity contribution in [3.05, 3.63) is 34.7 Å². The van der Waals surface area contributed by atoms with Crippen LogP contribution in [0.4, 0.5) is 4.39 Å². The quantitative estimate of drug-likeness (QED) is 0.801. The van der Waals surface area contributed by atoms with Gasteiger partial charge in [0.25, 0.3) is 0 Å². The number of carbonyl (C=O) groups excluding carboxylic acids is 1. The van der Waals surface area contributed by atoms with Crippen LogP contribution in [0.3, 0.4) is 0 Å². The Kier molecular flexibility index (Phi) is 3.66. The number of hydrogen-bond donors (Lipinski definition) is 0. The van der Waals surface area contributed by atoms with Gasteiger partial charge in [-0.1, -0.05) is 6.92 Å². The average Bonchev–Trinajstić information content (AvgIpc) is 2.82. The number of hydrogen-bond acceptors (Lipinski definition) is 5. The normalized spacial score (nSPS) is 10.4. The topological polar surface area (TPSA) is 52.1 Å². The van der Waals surface area contributed by atoms with Crippen LogP contribution in [-0.4, -0.2) is 23.0 Å². The van der Waals surface area contributed by atoms with Crippen LogP contribution < -0.4 is 0 Å². The molecular formula is C12H11FN2O2S. The Morgan fingerprint density at radius 3 is 2.83 bits per heavy atom. The van der Waals surface area contributed by atoms with Gasteiger partial charge >= 0.3 is 5.97 Å². The van der Waals surface area contributed by atoms with Crippen molar-refractivity contribution in [2.45, 2.75) is 13.3 Å². The van der Waals surface area contributed by atoms with Crippen molar-refractivity contribution in [2.75, 3.05) is 7.11 Å². The zero-order chi connectivity index (χ0) is 13.1. The number of aryl methyl sites for hydroxylation is 1. The summed E-state index contributed by atoms with van der Waals surface area (Å²) in [5.41, 5.74) is 0.859. The van der Waals surface area contributed by atoms with E-state index in [1.165, 1.54) is 30.6 Å². The van der Waals surface area contributed by atoms with Crippen molar-refractivity contribution < 1.29 is 13.9 Å². The summed E-state index contributed by atoms with van der Waals surface area (Å²) in [4.78, 5) is 20.5. The first-order valence-electron chi connectivity index (χ1n) is 5.35. The standard InChI is InChI=1S/C12H11FN2O2S/c1-3-9-10(12(16)17-2)15-11(18-9)8-5-4-7(13)6-14-8/h4-6H,3H2,1-2H3. The third-order valence-corrected chi connectivity index (χ3v) is 3.57. The molecule has 0 amide bonds. The predicted molar refractivity (Wildman–Crippen MR) is 66.0 cm³/mol. The molecule has 2 aromatic heterocycles. The first kappa shape index (κ1) is 12.6. The Morgan fingerprint density at radius 1 is 1.50 bits per heavy atom. The van der Waals surface area contributed by atoms with E-state index in [0.29, 0.717) is 22.8 Å². The SMILES string of the molecule is CCc1sc(-c2ccc(F)cn2)nc1C(=O)OC. The lowest BCUT2D eigenvalue weighted by molar-refractivity contribution is 0.0594. The van der Waals surface area contributed by atoms with Crippen LogP contribution in [-0.2, 0) is 11.2 Å². The van der Waals surface area contributed by atoms with E-state index >= 15 is 0 Å². The summed E-state index contributed by atoms with van der Waals surface area (Å²) in [6, 6.07) is 2.85. The van der Waals surface area contributed by atoms with Crippen molar-refractivity contribution in [3.8, 4) is 10.7 Å². The summed E-state index contributed by atoms with van der Waals surface area (Å²) in [7, 11) is 1.32. The van der Waals surface area contributed by atoms with Crippen LogP contribution in [0.1, 0.15) is 22.3 Å². The smallest absolute Gasteiger partial charge is 0.357 e. The fourth-order valence-corrected chi connectivity index (χ4v) is 2.43. The van der Waals surface area contributed by atoms with E-state index in [9.17, 15) is 9.18 Å². The van der Waals surface area contributed by atoms with E-state index < -0.39 is 11.8 Å². The minimum absolute atomic E-state index is 0.311. The van der Waals surface area contributed by atoms with E-state index in [2.05, 4.69) is 14.7 Å². The number of thiazole rings is 1. The molecule has 0 bridgehead atoms. The van der Waals surface area contributed by atoms with Crippen LogP contribution in [0.15, 0.2) is 18.3 Å². The third kappa shape index (κ3) is 2.38. The van der Waals surface area contributed by atoms with Gasteiger partial charge in [-0.2, -0.15) is 0 Å². The fraction of sp³-hybridized carbons (Fsp3) is 0.250. The molecule has 0 saturated carbocycles. The highest BCUT2D eigenvalue weighted by atomic mass is 32.1. The maximum Gasteiger partial charge on any atom is 0.357 e. The molecule has 94 valence electrons. The monoisotopic (exact) mass is 266 g/mol. The lowest BCUT2D eigenvalue weighted by Gasteiger charge is -1.95. The second-order valence-electron chi connectivity index (χ2n) is 3.50. The maximum atomic E-state index is 12.8. The molecule has 0 atom stereocenters. The highest BCUT2D eigenvalue weighted by Crippen LogP contribution is 2.27. The summed E-state index contributed by atoms with van der Waals surface area (Å²) in [5, 5.41) is 0.590. The van der Waals surface area contributed by atoms with Gasteiger partial charge in [0.2, 0.25) is 0 Å². The number of halogens is 1. The summed E-state index contributed by atoms with van der Waals surface area (Å²) < 4.78 is 17.5. The van der Waals surface area contributed by atoms with Gasteiger partial charge in [-0.25, -0.2) is 14.2 Å². The van der Waals surface area contributed by atoms with Gasteiger partial charge in [-0.05, 0) is 18.6 Å². The highest BCUT2D eigenvalue weighted by Gasteiger charge is 2.18. The highest BCUT2D eigenvalue weighted by molar-refractivity contribution is 7.15. The Balaban J connectivity index is 2.43. The molecule has 2 aromatic rings. The molecule has 0 aliphatic rings. The van der Waals surface area contributed by atoms with Gasteiger partial charge in [0.15, 0.2) is 5.69 Å². The Morgan fingerprint density at radius 2 is 2.28 bits per heavy atom. The molecule has 6 heteroatoms. The number of ether oxygens (including phenoxy) is 1. The zero-order valence-corrected chi connectivity index (χ0v) is 10.8. The molecule has 0 aliphatic carbocycles. The number of rotatable bonds is 3. The number of pyridine rings is 1. The summed E-state index contributed by atoms with van der Waals surface area (Å²) >= 11 is 1.37. The Labute approximate surface area is 107 Å². The number of carbonyl (C=O) groups is 1. The minimum atomic E-state index is -0.462. The van der Waals surface area contributed by atoms with Gasteiger partial charge in [0, 0.05) is 4.88 Å². The summed E-state index contributed by atoms with van der Waals surface area (Å²) in [6.07, 6.45) is 1.81. The molecule has 0 saturated heterocycles. The number of methoxy groups -OCH3 is 1. The minimum Gasteiger partial charge on any atom is -0.464 e. The van der Waals surface area contributed by atoms with Gasteiger partial charge in [-0.15, -0.1) is 11.3 Å². The van der Waals surface area contributed by atoms with Crippen LogP contribution in [0.25, 0.3) is 10.7 Å². The molecule has 0 N–H and O–H groups in total. The second kappa shape index (κ2) is 5.22. The lowest BCUT2D eigenvalue weighted by atomic mass is 10.3. The van der Waals surface area contributed by atoms with E-state index in [1.54, 1.807) is 0 Å². The number of aromatic nitrogens is 2. The molecule has 18 heavy (non-hydrogen) atoms. The van der Waals surface area contributed by atoms with E-state index in [0.717, 1.165) is 11.1 Å². The predicted octanol–water partition coefficient (Wildman–Crippen LogP) is 2.69. The molecule has 0 radical (unpaired) electrons. The zero-order valence-electron chi connectivity index (χ0n) is 9.94. The van der Waals surface area contributed by atoms with E-state index in [4.69, 9.17) is 0 Å². The first-order valence-corrected chi connectivity index (χ1v) is 6.17. The molecule has 4 nitrogen and oxygen atoms in total. The van der Waals surface area contributed by atoms with Crippen molar-refractivity contribution in [1.82, 2.24) is 9.97 Å². The van der Waals surface area contributed by atoms with Crippen molar-refractivity contribution in [1.29, 1.82) is 0 Å². The molecule has 0 aliphatic heterocycles. The van der Waals surface area contributed by atoms with Gasteiger partial charge in [0.05, 0.1) is 19.0 Å². The average molecular weight is 266 g/mol. The van der Waals surface area contributed by atoms with Crippen molar-refractivity contribution >= 4 is 17.3 Å². The summed E-state index contributed by atoms with van der Waals surface area (Å²) in [5.74, 6) is -0.865. The van der Waals surface area contributed by atoms with E-state index in [1.807, 2.05) is 6.92 Å². The second-order valence-corrected chi connectivity index (χ2v) is 4.58. The molecule has 0 fully saturated rings. The molecule has 2 rings (SSSR count). The largest absolute Gasteiger partial charge is 0.464 e. The Bertz CT molecular complexity index is 566. The van der Waals surface area contributed by atoms with Crippen LogP contribution in [0.5, 0.6) is 0 Å². The molecule has 2 heterocycles. The molecule has 0 spiro atoms. The fourth-order valence-electron chi connectivity index (χ4n) is 1.46. The molecular weight excluding hydrogens is 255 g/mol. The maximum absolute atomic E-state index is 12.8. The summed E-state index contributed by atoms with van der Waals surface area (Å²) in [6.45, 7) is 1.93. The first-order chi connectivity index (χ1) is 8.65. The Hall–Kier alpha value is -1.82. The third-order valence-electron chi connectivity index (χ3n) is 2.34. The van der Waals surface area contributed by atoms with Crippen LogP contribution in [0.2, 0.25) is 0 Å². The number of esters is 1. The van der Waals surface area contributed by atoms with Crippen LogP contribution in [0, 0.1) is 5.82 Å². The van der Waals surface area contributed by atoms with Crippen molar-refractivity contribution in [3.63, 3.8) is 0 Å². The van der Waals surface area contributed by atoms with Crippen molar-refractivity contribution in [2.24, 2.45) is 0 Å². The van der Waals surface area contributed by atoms with E-state index in [-0.39, 0.29) is 0 Å². The van der Waals surface area contributed by atoms with Gasteiger partial charge in [-0.3, -0.25) is 4.98 Å². The molecule has 0 aromatic carbocycles. The number of nitrogens with zero attached hydrogens (tertiary/aromatic N) is 2. The lowest BCUT2D eigenvalue weighted by Crippen LogP contribution is -2.04. The van der Waals surface area contributed by atoms with Gasteiger partial charge in [0.1, 0.15) is 10.8 Å². The van der Waals surface area contributed by atoms with Crippen LogP contribution >= 0.6 is 11.3 Å². The molecule has 0 unspecified atom stereocenters.